The summed E-state index contributed by atoms with van der Waals surface area (Å²) in [6.45, 7) is 1.21. The molecule has 0 atom stereocenters. The topological polar surface area (TPSA) is 92.8 Å². The lowest BCUT2D eigenvalue weighted by atomic mass is 10.2. The van der Waals surface area contributed by atoms with E-state index in [9.17, 15) is 18.0 Å². The second kappa shape index (κ2) is 9.29. The number of esters is 1. The van der Waals surface area contributed by atoms with E-state index in [0.717, 1.165) is 15.4 Å². The first-order valence-corrected chi connectivity index (χ1v) is 9.72. The lowest BCUT2D eigenvalue weighted by Crippen LogP contribution is -2.35. The number of likely N-dealkylation sites (N-methyl/N-ethyl adjacent to an activating group) is 1. The lowest BCUT2D eigenvalue weighted by molar-refractivity contribution is -0.148. The van der Waals surface area contributed by atoms with Gasteiger partial charge in [-0.3, -0.25) is 9.59 Å². The predicted molar refractivity (Wildman–Crippen MR) is 100 cm³/mol. The van der Waals surface area contributed by atoms with Gasteiger partial charge in [-0.05, 0) is 24.6 Å². The molecule has 0 radical (unpaired) electrons. The van der Waals surface area contributed by atoms with E-state index >= 15 is 0 Å². The second-order valence-corrected chi connectivity index (χ2v) is 8.04. The van der Waals surface area contributed by atoms with Gasteiger partial charge in [0.2, 0.25) is 10.0 Å². The van der Waals surface area contributed by atoms with E-state index < -0.39 is 35.1 Å². The number of nitrogens with one attached hydrogen (secondary N) is 1. The maximum absolute atomic E-state index is 12.4. The molecule has 2 rings (SSSR count). The third-order valence-electron chi connectivity index (χ3n) is 3.78. The summed E-state index contributed by atoms with van der Waals surface area (Å²) in [5, 5.41) is 2.62. The number of benzene rings is 2. The Labute approximate surface area is 159 Å². The number of rotatable bonds is 8. The lowest BCUT2D eigenvalue weighted by Gasteiger charge is -2.16. The van der Waals surface area contributed by atoms with Gasteiger partial charge in [0.25, 0.3) is 5.91 Å². The van der Waals surface area contributed by atoms with Gasteiger partial charge in [0.1, 0.15) is 6.54 Å². The molecule has 0 aromatic heterocycles. The zero-order valence-electron chi connectivity index (χ0n) is 15.2. The van der Waals surface area contributed by atoms with Gasteiger partial charge in [0.15, 0.2) is 6.61 Å². The highest BCUT2D eigenvalue weighted by Gasteiger charge is 2.23. The number of carbonyl (C=O) groups excluding carboxylic acids is 2. The number of hydrogen-bond donors (Lipinski definition) is 1. The van der Waals surface area contributed by atoms with Crippen LogP contribution in [0.2, 0.25) is 0 Å². The average Bonchev–Trinajstić information content (AvgIpc) is 2.66. The van der Waals surface area contributed by atoms with Crippen molar-refractivity contribution in [3.63, 3.8) is 0 Å². The fraction of sp³-hybridized carbons (Fsp3) is 0.263. The van der Waals surface area contributed by atoms with Gasteiger partial charge in [-0.2, -0.15) is 4.31 Å². The number of ether oxygens (including phenoxy) is 1. The summed E-state index contributed by atoms with van der Waals surface area (Å²) in [6.07, 6.45) is 0. The monoisotopic (exact) mass is 390 g/mol. The van der Waals surface area contributed by atoms with Crippen molar-refractivity contribution < 1.29 is 22.7 Å². The van der Waals surface area contributed by atoms with Crippen LogP contribution in [-0.2, 0) is 30.9 Å². The van der Waals surface area contributed by atoms with Crippen LogP contribution in [0.4, 0.5) is 0 Å². The van der Waals surface area contributed by atoms with E-state index in [1.165, 1.54) is 19.2 Å². The van der Waals surface area contributed by atoms with Crippen LogP contribution < -0.4 is 5.32 Å². The Hall–Kier alpha value is -2.71. The number of sulfonamides is 1. The van der Waals surface area contributed by atoms with Crippen molar-refractivity contribution in [1.29, 1.82) is 0 Å². The molecule has 2 aromatic carbocycles. The minimum atomic E-state index is -3.80. The van der Waals surface area contributed by atoms with E-state index in [2.05, 4.69) is 5.32 Å². The number of aryl methyl sites for hydroxylation is 1. The van der Waals surface area contributed by atoms with E-state index in [1.807, 2.05) is 37.3 Å². The van der Waals surface area contributed by atoms with Crippen LogP contribution in [0.1, 0.15) is 11.1 Å². The smallest absolute Gasteiger partial charge is 0.321 e. The average molecular weight is 390 g/mol. The molecule has 0 fully saturated rings. The maximum atomic E-state index is 12.4. The van der Waals surface area contributed by atoms with Gasteiger partial charge < -0.3 is 10.1 Å². The molecule has 8 heteroatoms. The third-order valence-corrected chi connectivity index (χ3v) is 5.60. The van der Waals surface area contributed by atoms with Crippen LogP contribution in [0.5, 0.6) is 0 Å². The Morgan fingerprint density at radius 1 is 1.04 bits per heavy atom. The summed E-state index contributed by atoms with van der Waals surface area (Å²) in [6, 6.07) is 15.6. The highest BCUT2D eigenvalue weighted by molar-refractivity contribution is 7.89. The summed E-state index contributed by atoms with van der Waals surface area (Å²) in [5.74, 6) is -1.26. The highest BCUT2D eigenvalue weighted by Crippen LogP contribution is 2.14. The minimum absolute atomic E-state index is 0.0870. The fourth-order valence-electron chi connectivity index (χ4n) is 2.20. The fourth-order valence-corrected chi connectivity index (χ4v) is 3.31. The minimum Gasteiger partial charge on any atom is -0.455 e. The molecule has 0 saturated carbocycles. The summed E-state index contributed by atoms with van der Waals surface area (Å²) in [5.41, 5.74) is 1.85. The van der Waals surface area contributed by atoms with E-state index in [0.29, 0.717) is 6.54 Å². The number of hydrogen-bond acceptors (Lipinski definition) is 5. The zero-order valence-corrected chi connectivity index (χ0v) is 16.0. The van der Waals surface area contributed by atoms with Gasteiger partial charge in [-0.1, -0.05) is 48.0 Å². The Morgan fingerprint density at radius 2 is 1.67 bits per heavy atom. The van der Waals surface area contributed by atoms with Gasteiger partial charge in [-0.25, -0.2) is 8.42 Å². The standard InChI is InChI=1S/C19H22N2O5S/c1-15-8-10-17(11-9-15)27(24,25)21(2)13-19(23)26-14-18(22)20-12-16-6-4-3-5-7-16/h3-11H,12-14H2,1-2H3,(H,20,22). The largest absolute Gasteiger partial charge is 0.455 e. The number of nitrogens with zero attached hydrogens (tertiary/aromatic N) is 1. The maximum Gasteiger partial charge on any atom is 0.321 e. The SMILES string of the molecule is Cc1ccc(S(=O)(=O)N(C)CC(=O)OCC(=O)NCc2ccccc2)cc1. The number of carbonyl (C=O) groups is 2. The predicted octanol–water partition coefficient (Wildman–Crippen LogP) is 1.48. The first kappa shape index (κ1) is 20.6. The van der Waals surface area contributed by atoms with Crippen molar-refractivity contribution in [1.82, 2.24) is 9.62 Å². The highest BCUT2D eigenvalue weighted by atomic mass is 32.2. The van der Waals surface area contributed by atoms with Crippen LogP contribution in [0.3, 0.4) is 0 Å². The summed E-state index contributed by atoms with van der Waals surface area (Å²) in [7, 11) is -2.52. The molecule has 1 amide bonds. The molecule has 0 heterocycles. The molecule has 0 bridgehead atoms. The molecule has 7 nitrogen and oxygen atoms in total. The molecule has 2 aromatic rings. The molecular formula is C19H22N2O5S. The van der Waals surface area contributed by atoms with Gasteiger partial charge in [0, 0.05) is 13.6 Å². The molecule has 0 unspecified atom stereocenters. The van der Waals surface area contributed by atoms with Crippen molar-refractivity contribution in [2.45, 2.75) is 18.4 Å². The molecule has 1 N–H and O–H groups in total. The molecule has 144 valence electrons. The van der Waals surface area contributed by atoms with E-state index in [-0.39, 0.29) is 4.90 Å². The van der Waals surface area contributed by atoms with E-state index in [1.54, 1.807) is 12.1 Å². The molecule has 0 aliphatic carbocycles. The van der Waals surface area contributed by atoms with Crippen LogP contribution in [0.25, 0.3) is 0 Å². The molecule has 0 aliphatic heterocycles. The summed E-state index contributed by atoms with van der Waals surface area (Å²) >= 11 is 0. The quantitative estimate of drug-likeness (QED) is 0.689. The number of amides is 1. The van der Waals surface area contributed by atoms with Crippen LogP contribution in [0, 0.1) is 6.92 Å². The first-order chi connectivity index (χ1) is 12.8. The second-order valence-electron chi connectivity index (χ2n) is 6.00. The van der Waals surface area contributed by atoms with Crippen molar-refractivity contribution in [2.75, 3.05) is 20.2 Å². The van der Waals surface area contributed by atoms with Crippen LogP contribution in [0.15, 0.2) is 59.5 Å². The Kier molecular flexibility index (Phi) is 7.09. The molecule has 0 spiro atoms. The summed E-state index contributed by atoms with van der Waals surface area (Å²) < 4.78 is 30.6. The van der Waals surface area contributed by atoms with Gasteiger partial charge >= 0.3 is 5.97 Å². The third kappa shape index (κ3) is 6.19. The first-order valence-electron chi connectivity index (χ1n) is 8.28. The van der Waals surface area contributed by atoms with Gasteiger partial charge in [-0.15, -0.1) is 0 Å². The summed E-state index contributed by atoms with van der Waals surface area (Å²) in [4.78, 5) is 23.7. The van der Waals surface area contributed by atoms with Crippen molar-refractivity contribution >= 4 is 21.9 Å². The normalized spacial score (nSPS) is 11.2. The van der Waals surface area contributed by atoms with Crippen LogP contribution >= 0.6 is 0 Å². The van der Waals surface area contributed by atoms with Crippen molar-refractivity contribution in [2.24, 2.45) is 0 Å². The molecular weight excluding hydrogens is 368 g/mol. The zero-order chi connectivity index (χ0) is 19.9. The molecule has 0 aliphatic rings. The van der Waals surface area contributed by atoms with E-state index in [4.69, 9.17) is 4.74 Å². The Morgan fingerprint density at radius 3 is 2.30 bits per heavy atom. The Bertz CT molecular complexity index is 880. The van der Waals surface area contributed by atoms with Crippen molar-refractivity contribution in [3.8, 4) is 0 Å². The molecule has 27 heavy (non-hydrogen) atoms. The van der Waals surface area contributed by atoms with Gasteiger partial charge in [0.05, 0.1) is 4.90 Å². The van der Waals surface area contributed by atoms with Crippen LogP contribution in [-0.4, -0.2) is 44.8 Å². The Balaban J connectivity index is 1.80. The van der Waals surface area contributed by atoms with Crippen molar-refractivity contribution in [3.05, 3.63) is 65.7 Å². The molecule has 0 saturated heterocycles.